The molecule has 1 amide bonds. The molecule has 1 unspecified atom stereocenters. The molecule has 0 saturated heterocycles. The number of carbonyl (C=O) groups excluding carboxylic acids is 1. The summed E-state index contributed by atoms with van der Waals surface area (Å²) in [5.41, 5.74) is 0. The number of benzene rings is 1. The molecule has 0 bridgehead atoms. The molecule has 1 aromatic rings. The molecule has 1 fully saturated rings. The highest BCUT2D eigenvalue weighted by Crippen LogP contribution is 2.28. The molecule has 21 heavy (non-hydrogen) atoms. The van der Waals surface area contributed by atoms with Crippen LogP contribution in [-0.4, -0.2) is 28.3 Å². The third-order valence-corrected chi connectivity index (χ3v) is 4.99. The van der Waals surface area contributed by atoms with E-state index in [1.165, 1.54) is 11.8 Å². The van der Waals surface area contributed by atoms with Crippen molar-refractivity contribution < 1.29 is 14.7 Å². The van der Waals surface area contributed by atoms with Gasteiger partial charge in [-0.25, -0.2) is 0 Å². The third kappa shape index (κ3) is 4.64. The van der Waals surface area contributed by atoms with E-state index in [0.717, 1.165) is 11.3 Å². The number of thioether (sulfide) groups is 1. The van der Waals surface area contributed by atoms with Crippen LogP contribution >= 0.6 is 23.4 Å². The normalized spacial score (nSPS) is 22.8. The highest BCUT2D eigenvalue weighted by atomic mass is 35.5. The number of amides is 1. The average molecular weight is 328 g/mol. The minimum Gasteiger partial charge on any atom is -0.481 e. The molecule has 1 aliphatic carbocycles. The van der Waals surface area contributed by atoms with Crippen molar-refractivity contribution in [1.82, 2.24) is 5.32 Å². The first-order chi connectivity index (χ1) is 9.95. The van der Waals surface area contributed by atoms with Gasteiger partial charge >= 0.3 is 5.97 Å². The lowest BCUT2D eigenvalue weighted by Gasteiger charge is -2.16. The van der Waals surface area contributed by atoms with Crippen molar-refractivity contribution in [2.24, 2.45) is 5.92 Å². The van der Waals surface area contributed by atoms with Gasteiger partial charge in [-0.2, -0.15) is 0 Å². The number of halogens is 1. The largest absolute Gasteiger partial charge is 0.481 e. The van der Waals surface area contributed by atoms with Crippen molar-refractivity contribution in [3.63, 3.8) is 0 Å². The van der Waals surface area contributed by atoms with Gasteiger partial charge < -0.3 is 10.4 Å². The van der Waals surface area contributed by atoms with E-state index in [4.69, 9.17) is 16.7 Å². The van der Waals surface area contributed by atoms with Crippen LogP contribution in [0.5, 0.6) is 0 Å². The van der Waals surface area contributed by atoms with E-state index in [0.29, 0.717) is 17.9 Å². The van der Waals surface area contributed by atoms with E-state index in [9.17, 15) is 9.59 Å². The zero-order chi connectivity index (χ0) is 15.4. The van der Waals surface area contributed by atoms with Crippen LogP contribution < -0.4 is 5.32 Å². The summed E-state index contributed by atoms with van der Waals surface area (Å²) in [5.74, 6) is -1.14. The average Bonchev–Trinajstić information content (AvgIpc) is 2.90. The molecule has 4 nitrogen and oxygen atoms in total. The van der Waals surface area contributed by atoms with E-state index >= 15 is 0 Å². The van der Waals surface area contributed by atoms with Crippen LogP contribution in [0.4, 0.5) is 0 Å². The zero-order valence-corrected chi connectivity index (χ0v) is 13.3. The van der Waals surface area contributed by atoms with Crippen molar-refractivity contribution in [1.29, 1.82) is 0 Å². The molecule has 2 N–H and O–H groups in total. The van der Waals surface area contributed by atoms with E-state index in [2.05, 4.69) is 5.32 Å². The van der Waals surface area contributed by atoms with Crippen LogP contribution in [0.2, 0.25) is 5.02 Å². The summed E-state index contributed by atoms with van der Waals surface area (Å²) < 4.78 is 0. The monoisotopic (exact) mass is 327 g/mol. The molecule has 1 saturated carbocycles. The number of aliphatic carboxylic acids is 1. The fourth-order valence-corrected chi connectivity index (χ4v) is 3.43. The van der Waals surface area contributed by atoms with E-state index in [1.54, 1.807) is 12.1 Å². The maximum Gasteiger partial charge on any atom is 0.306 e. The van der Waals surface area contributed by atoms with Crippen molar-refractivity contribution in [3.05, 3.63) is 29.3 Å². The topological polar surface area (TPSA) is 66.4 Å². The Kier molecular flexibility index (Phi) is 5.53. The molecule has 114 valence electrons. The summed E-state index contributed by atoms with van der Waals surface area (Å²) in [6.45, 7) is 1.85. The number of hydrogen-bond acceptors (Lipinski definition) is 3. The Morgan fingerprint density at radius 3 is 2.57 bits per heavy atom. The van der Waals surface area contributed by atoms with Crippen LogP contribution in [0.15, 0.2) is 29.2 Å². The highest BCUT2D eigenvalue weighted by molar-refractivity contribution is 8.00. The molecule has 1 aromatic carbocycles. The van der Waals surface area contributed by atoms with Gasteiger partial charge in [-0.05, 0) is 50.5 Å². The van der Waals surface area contributed by atoms with Gasteiger partial charge in [0.05, 0.1) is 11.2 Å². The minimum absolute atomic E-state index is 0.0214. The molecule has 1 aliphatic rings. The third-order valence-electron chi connectivity index (χ3n) is 3.62. The molecule has 0 aromatic heterocycles. The number of rotatable bonds is 5. The number of carboxylic acids is 1. The summed E-state index contributed by atoms with van der Waals surface area (Å²) in [5, 5.41) is 12.4. The second-order valence-corrected chi connectivity index (χ2v) is 7.12. The lowest BCUT2D eigenvalue weighted by molar-refractivity contribution is -0.141. The molecule has 3 atom stereocenters. The molecular formula is C15H18ClNO3S. The van der Waals surface area contributed by atoms with Gasteiger partial charge in [0.25, 0.3) is 0 Å². The first kappa shape index (κ1) is 16.2. The SMILES string of the molecule is CC(Sc1ccc(Cl)cc1)C(=O)N[C@H]1CC[C@@H](C(=O)O)C1. The fourth-order valence-electron chi connectivity index (χ4n) is 2.43. The summed E-state index contributed by atoms with van der Waals surface area (Å²) in [4.78, 5) is 24.0. The van der Waals surface area contributed by atoms with Gasteiger partial charge in [0.1, 0.15) is 0 Å². The highest BCUT2D eigenvalue weighted by Gasteiger charge is 2.31. The van der Waals surface area contributed by atoms with Gasteiger partial charge in [-0.3, -0.25) is 9.59 Å². The smallest absolute Gasteiger partial charge is 0.306 e. The molecule has 0 radical (unpaired) electrons. The predicted molar refractivity (Wildman–Crippen MR) is 83.7 cm³/mol. The number of hydrogen-bond donors (Lipinski definition) is 2. The minimum atomic E-state index is -0.768. The summed E-state index contributed by atoms with van der Waals surface area (Å²) >= 11 is 7.29. The Morgan fingerprint density at radius 1 is 1.33 bits per heavy atom. The van der Waals surface area contributed by atoms with Crippen LogP contribution in [-0.2, 0) is 9.59 Å². The maximum atomic E-state index is 12.1. The van der Waals surface area contributed by atoms with Gasteiger partial charge in [0.2, 0.25) is 5.91 Å². The lowest BCUT2D eigenvalue weighted by atomic mass is 10.1. The summed E-state index contributed by atoms with van der Waals surface area (Å²) in [7, 11) is 0. The number of carboxylic acid groups (broad SMARTS) is 1. The number of nitrogens with one attached hydrogen (secondary N) is 1. The van der Waals surface area contributed by atoms with Crippen molar-refractivity contribution in [2.75, 3.05) is 0 Å². The Labute approximate surface area is 133 Å². The van der Waals surface area contributed by atoms with Crippen LogP contribution in [0.3, 0.4) is 0 Å². The zero-order valence-electron chi connectivity index (χ0n) is 11.7. The lowest BCUT2D eigenvalue weighted by Crippen LogP contribution is -2.38. The van der Waals surface area contributed by atoms with Crippen molar-refractivity contribution in [3.8, 4) is 0 Å². The standard InChI is InChI=1S/C15H18ClNO3S/c1-9(21-13-6-3-11(16)4-7-13)14(18)17-12-5-2-10(8-12)15(19)20/h3-4,6-7,9-10,12H,2,5,8H2,1H3,(H,17,18)(H,19,20)/t9?,10-,12+/m1/s1. The van der Waals surface area contributed by atoms with Gasteiger partial charge in [-0.15, -0.1) is 11.8 Å². The summed E-state index contributed by atoms with van der Waals surface area (Å²) in [6, 6.07) is 7.33. The Morgan fingerprint density at radius 2 is 2.00 bits per heavy atom. The maximum absolute atomic E-state index is 12.1. The Bertz CT molecular complexity index is 520. The van der Waals surface area contributed by atoms with Gasteiger partial charge in [0, 0.05) is 16.0 Å². The Hall–Kier alpha value is -1.20. The Balaban J connectivity index is 1.83. The van der Waals surface area contributed by atoms with E-state index in [1.807, 2.05) is 19.1 Å². The van der Waals surface area contributed by atoms with Crippen molar-refractivity contribution in [2.45, 2.75) is 42.4 Å². The molecule has 0 heterocycles. The molecule has 0 aliphatic heterocycles. The van der Waals surface area contributed by atoms with E-state index < -0.39 is 5.97 Å². The number of carbonyl (C=O) groups is 2. The van der Waals surface area contributed by atoms with Crippen LogP contribution in [0.25, 0.3) is 0 Å². The van der Waals surface area contributed by atoms with Gasteiger partial charge in [0.15, 0.2) is 0 Å². The second-order valence-electron chi connectivity index (χ2n) is 5.27. The predicted octanol–water partition coefficient (Wildman–Crippen LogP) is 3.19. The van der Waals surface area contributed by atoms with Crippen molar-refractivity contribution >= 4 is 35.2 Å². The van der Waals surface area contributed by atoms with Crippen LogP contribution in [0, 0.1) is 5.92 Å². The van der Waals surface area contributed by atoms with Gasteiger partial charge in [-0.1, -0.05) is 11.6 Å². The molecular weight excluding hydrogens is 310 g/mol. The fraction of sp³-hybridized carbons (Fsp3) is 0.467. The molecule has 0 spiro atoms. The summed E-state index contributed by atoms with van der Waals surface area (Å²) in [6.07, 6.45) is 1.90. The first-order valence-corrected chi connectivity index (χ1v) is 8.17. The second kappa shape index (κ2) is 7.18. The quantitative estimate of drug-likeness (QED) is 0.815. The van der Waals surface area contributed by atoms with Crippen LogP contribution in [0.1, 0.15) is 26.2 Å². The molecule has 2 rings (SSSR count). The van der Waals surface area contributed by atoms with E-state index in [-0.39, 0.29) is 23.1 Å². The first-order valence-electron chi connectivity index (χ1n) is 6.91. The molecule has 6 heteroatoms.